The quantitative estimate of drug-likeness (QED) is 0.788. The molecule has 0 aromatic rings. The third kappa shape index (κ3) is 3.30. The Bertz CT molecular complexity index is 395. The van der Waals surface area contributed by atoms with E-state index in [4.69, 9.17) is 9.84 Å². The van der Waals surface area contributed by atoms with E-state index in [1.807, 2.05) is 13.8 Å². The second kappa shape index (κ2) is 5.69. The van der Waals surface area contributed by atoms with Crippen molar-refractivity contribution in [2.75, 3.05) is 19.7 Å². The molecule has 1 heterocycles. The number of morpholine rings is 1. The Hall–Kier alpha value is -1.14. The molecule has 114 valence electrons. The Morgan fingerprint density at radius 1 is 1.30 bits per heavy atom. The van der Waals surface area contributed by atoms with Crippen molar-refractivity contribution >= 4 is 11.9 Å². The monoisotopic (exact) mass is 285 g/mol. The Labute approximate surface area is 118 Å². The maximum atomic E-state index is 12.5. The van der Waals surface area contributed by atoms with Crippen LogP contribution in [-0.4, -0.2) is 58.4 Å². The first-order chi connectivity index (χ1) is 9.32. The van der Waals surface area contributed by atoms with Gasteiger partial charge in [-0.2, -0.15) is 0 Å². The highest BCUT2D eigenvalue weighted by molar-refractivity contribution is 5.81. The van der Waals surface area contributed by atoms with Crippen molar-refractivity contribution in [3.8, 4) is 0 Å². The summed E-state index contributed by atoms with van der Waals surface area (Å²) in [6, 6.07) is 0. The Kier molecular flexibility index (Phi) is 4.34. The second-order valence-electron chi connectivity index (χ2n) is 6.45. The van der Waals surface area contributed by atoms with Gasteiger partial charge in [-0.05, 0) is 33.1 Å². The van der Waals surface area contributed by atoms with E-state index in [2.05, 4.69) is 0 Å². The molecule has 6 heteroatoms. The predicted octanol–water partition coefficient (Wildman–Crippen LogP) is 0.486. The molecule has 0 spiro atoms. The molecule has 0 aromatic heterocycles. The number of hydrogen-bond acceptors (Lipinski definition) is 4. The Balaban J connectivity index is 2.00. The van der Waals surface area contributed by atoms with Crippen LogP contribution >= 0.6 is 0 Å². The molecule has 6 nitrogen and oxygen atoms in total. The maximum absolute atomic E-state index is 12.5. The molecule has 1 amide bonds. The van der Waals surface area contributed by atoms with E-state index in [9.17, 15) is 14.7 Å². The predicted molar refractivity (Wildman–Crippen MR) is 71.1 cm³/mol. The fraction of sp³-hybridized carbons (Fsp3) is 0.857. The lowest BCUT2D eigenvalue weighted by Crippen LogP contribution is -2.56. The Morgan fingerprint density at radius 2 is 1.95 bits per heavy atom. The molecule has 2 N–H and O–H groups in total. The molecule has 2 rings (SSSR count). The van der Waals surface area contributed by atoms with Gasteiger partial charge >= 0.3 is 5.97 Å². The highest BCUT2D eigenvalue weighted by atomic mass is 16.5. The van der Waals surface area contributed by atoms with Gasteiger partial charge in [0.15, 0.2) is 0 Å². The van der Waals surface area contributed by atoms with Crippen molar-refractivity contribution < 1.29 is 24.5 Å². The molecule has 0 bridgehead atoms. The van der Waals surface area contributed by atoms with E-state index in [1.165, 1.54) is 0 Å². The van der Waals surface area contributed by atoms with Crippen LogP contribution in [0.5, 0.6) is 0 Å². The summed E-state index contributed by atoms with van der Waals surface area (Å²) in [5.74, 6) is -1.41. The Morgan fingerprint density at radius 3 is 2.50 bits per heavy atom. The third-order valence-electron chi connectivity index (χ3n) is 4.13. The van der Waals surface area contributed by atoms with Crippen molar-refractivity contribution in [1.29, 1.82) is 0 Å². The normalized spacial score (nSPS) is 33.1. The molecule has 1 aliphatic heterocycles. The van der Waals surface area contributed by atoms with E-state index in [-0.39, 0.29) is 24.5 Å². The zero-order valence-electron chi connectivity index (χ0n) is 12.0. The van der Waals surface area contributed by atoms with E-state index >= 15 is 0 Å². The third-order valence-corrected chi connectivity index (χ3v) is 4.13. The summed E-state index contributed by atoms with van der Waals surface area (Å²) in [6.45, 7) is 4.53. The molecule has 1 saturated heterocycles. The molecular weight excluding hydrogens is 262 g/mol. The van der Waals surface area contributed by atoms with Gasteiger partial charge in [-0.1, -0.05) is 0 Å². The van der Waals surface area contributed by atoms with Crippen LogP contribution in [0.3, 0.4) is 0 Å². The minimum atomic E-state index is -0.809. The number of carbonyl (C=O) groups is 2. The van der Waals surface area contributed by atoms with Crippen LogP contribution in [0.15, 0.2) is 0 Å². The van der Waals surface area contributed by atoms with Crippen molar-refractivity contribution in [2.45, 2.75) is 44.8 Å². The number of carboxylic acid groups (broad SMARTS) is 1. The van der Waals surface area contributed by atoms with Gasteiger partial charge in [0, 0.05) is 19.0 Å². The van der Waals surface area contributed by atoms with Crippen LogP contribution in [0.1, 0.15) is 33.1 Å². The maximum Gasteiger partial charge on any atom is 0.306 e. The first kappa shape index (κ1) is 15.3. The number of nitrogens with zero attached hydrogens (tertiary/aromatic N) is 1. The van der Waals surface area contributed by atoms with Crippen LogP contribution in [0.2, 0.25) is 0 Å². The van der Waals surface area contributed by atoms with E-state index in [0.717, 1.165) is 0 Å². The first-order valence-corrected chi connectivity index (χ1v) is 7.12. The number of aliphatic hydroxyl groups is 1. The summed E-state index contributed by atoms with van der Waals surface area (Å²) in [7, 11) is 0. The number of ether oxygens (including phenoxy) is 1. The lowest BCUT2D eigenvalue weighted by molar-refractivity contribution is -0.169. The van der Waals surface area contributed by atoms with Gasteiger partial charge in [0.2, 0.25) is 5.91 Å². The molecule has 1 aliphatic carbocycles. The lowest BCUT2D eigenvalue weighted by atomic mass is 10.00. The van der Waals surface area contributed by atoms with Crippen molar-refractivity contribution in [3.63, 3.8) is 0 Å². The summed E-state index contributed by atoms with van der Waals surface area (Å²) in [5, 5.41) is 18.3. The minimum absolute atomic E-state index is 0.00331. The first-order valence-electron chi connectivity index (χ1n) is 7.12. The van der Waals surface area contributed by atoms with Gasteiger partial charge in [0.05, 0.1) is 24.2 Å². The van der Waals surface area contributed by atoms with Gasteiger partial charge < -0.3 is 19.8 Å². The summed E-state index contributed by atoms with van der Waals surface area (Å²) in [5.41, 5.74) is -0.480. The fourth-order valence-electron chi connectivity index (χ4n) is 3.25. The van der Waals surface area contributed by atoms with Crippen molar-refractivity contribution in [1.82, 2.24) is 4.90 Å². The summed E-state index contributed by atoms with van der Waals surface area (Å²) in [6.07, 6.45) is 1.27. The van der Waals surface area contributed by atoms with Crippen molar-refractivity contribution in [3.05, 3.63) is 0 Å². The van der Waals surface area contributed by atoms with Crippen LogP contribution in [0.25, 0.3) is 0 Å². The largest absolute Gasteiger partial charge is 0.481 e. The molecule has 2 aliphatic rings. The molecule has 3 atom stereocenters. The molecule has 20 heavy (non-hydrogen) atoms. The molecule has 2 fully saturated rings. The lowest BCUT2D eigenvalue weighted by Gasteiger charge is -2.43. The smallest absolute Gasteiger partial charge is 0.306 e. The van der Waals surface area contributed by atoms with E-state index < -0.39 is 17.5 Å². The summed E-state index contributed by atoms with van der Waals surface area (Å²) < 4.78 is 5.69. The van der Waals surface area contributed by atoms with Gasteiger partial charge in [-0.25, -0.2) is 0 Å². The van der Waals surface area contributed by atoms with E-state index in [0.29, 0.717) is 32.4 Å². The minimum Gasteiger partial charge on any atom is -0.481 e. The fourth-order valence-corrected chi connectivity index (χ4v) is 3.25. The number of aliphatic carboxylic acids is 1. The SMILES string of the molecule is CC1(C)CN(C(=O)C2CCC(C(=O)O)C2)CC(CO)O1. The number of carbonyl (C=O) groups excluding carboxylic acids is 1. The van der Waals surface area contributed by atoms with Gasteiger partial charge in [-0.15, -0.1) is 0 Å². The molecule has 0 aromatic carbocycles. The van der Waals surface area contributed by atoms with Crippen LogP contribution < -0.4 is 0 Å². The molecule has 3 unspecified atom stereocenters. The van der Waals surface area contributed by atoms with Crippen molar-refractivity contribution in [2.24, 2.45) is 11.8 Å². The number of hydrogen-bond donors (Lipinski definition) is 2. The number of aliphatic hydroxyl groups excluding tert-OH is 1. The molecular formula is C14H23NO5. The van der Waals surface area contributed by atoms with E-state index in [1.54, 1.807) is 4.90 Å². The number of carboxylic acids is 1. The van der Waals surface area contributed by atoms with Crippen LogP contribution in [0.4, 0.5) is 0 Å². The molecule has 1 saturated carbocycles. The highest BCUT2D eigenvalue weighted by Gasteiger charge is 2.40. The second-order valence-corrected chi connectivity index (χ2v) is 6.45. The van der Waals surface area contributed by atoms with Crippen LogP contribution in [-0.2, 0) is 14.3 Å². The van der Waals surface area contributed by atoms with Gasteiger partial charge in [0.25, 0.3) is 0 Å². The number of amides is 1. The van der Waals surface area contributed by atoms with Gasteiger partial charge in [-0.3, -0.25) is 9.59 Å². The zero-order valence-corrected chi connectivity index (χ0v) is 12.0. The standard InChI is InChI=1S/C14H23NO5/c1-14(2)8-15(6-11(7-16)20-14)12(17)9-3-4-10(5-9)13(18)19/h9-11,16H,3-8H2,1-2H3,(H,18,19). The zero-order chi connectivity index (χ0) is 14.9. The van der Waals surface area contributed by atoms with Crippen LogP contribution in [0, 0.1) is 11.8 Å². The average molecular weight is 285 g/mol. The van der Waals surface area contributed by atoms with Gasteiger partial charge in [0.1, 0.15) is 0 Å². The molecule has 0 radical (unpaired) electrons. The topological polar surface area (TPSA) is 87.1 Å². The summed E-state index contributed by atoms with van der Waals surface area (Å²) >= 11 is 0. The number of rotatable bonds is 3. The average Bonchev–Trinajstić information content (AvgIpc) is 2.85. The highest BCUT2D eigenvalue weighted by Crippen LogP contribution is 2.33. The summed E-state index contributed by atoms with van der Waals surface area (Å²) in [4.78, 5) is 25.2.